The highest BCUT2D eigenvalue weighted by molar-refractivity contribution is 7.92. The normalized spacial score (nSPS) is 10.9. The lowest BCUT2D eigenvalue weighted by Crippen LogP contribution is -2.13. The zero-order chi connectivity index (χ0) is 16.9. The molecule has 0 bridgehead atoms. The molecule has 0 saturated heterocycles. The van der Waals surface area contributed by atoms with Gasteiger partial charge in [-0.2, -0.15) is 0 Å². The Bertz CT molecular complexity index is 783. The van der Waals surface area contributed by atoms with Crippen LogP contribution >= 0.6 is 0 Å². The Morgan fingerprint density at radius 3 is 2.43 bits per heavy atom. The molecule has 0 unspecified atom stereocenters. The molecule has 0 saturated carbocycles. The van der Waals surface area contributed by atoms with Crippen molar-refractivity contribution in [3.8, 4) is 11.5 Å². The van der Waals surface area contributed by atoms with Crippen molar-refractivity contribution >= 4 is 15.7 Å². The Labute approximate surface area is 136 Å². The fraction of sp³-hybridized carbons (Fsp3) is 0.176. The van der Waals surface area contributed by atoms with Crippen LogP contribution in [0.25, 0.3) is 0 Å². The second kappa shape index (κ2) is 7.19. The lowest BCUT2D eigenvalue weighted by Gasteiger charge is -2.11. The maximum Gasteiger partial charge on any atom is 0.261 e. The third-order valence-corrected chi connectivity index (χ3v) is 4.53. The predicted molar refractivity (Wildman–Crippen MR) is 90.7 cm³/mol. The minimum absolute atomic E-state index is 0.183. The van der Waals surface area contributed by atoms with Gasteiger partial charge in [0.15, 0.2) is 0 Å². The van der Waals surface area contributed by atoms with E-state index in [4.69, 9.17) is 9.47 Å². The van der Waals surface area contributed by atoms with E-state index in [1.165, 1.54) is 6.07 Å². The van der Waals surface area contributed by atoms with Crippen LogP contribution in [0.4, 0.5) is 5.69 Å². The number of sulfonamides is 1. The van der Waals surface area contributed by atoms with Crippen molar-refractivity contribution in [2.45, 2.75) is 11.8 Å². The number of hydrogen-bond acceptors (Lipinski definition) is 4. The summed E-state index contributed by atoms with van der Waals surface area (Å²) in [6.07, 6.45) is 1.64. The zero-order valence-electron chi connectivity index (χ0n) is 13.1. The highest BCUT2D eigenvalue weighted by Crippen LogP contribution is 2.24. The van der Waals surface area contributed by atoms with Crippen LogP contribution in [-0.4, -0.2) is 22.1 Å². The summed E-state index contributed by atoms with van der Waals surface area (Å²) in [5, 5.41) is 0. The Hall–Kier alpha value is -2.47. The van der Waals surface area contributed by atoms with E-state index in [2.05, 4.69) is 11.3 Å². The van der Waals surface area contributed by atoms with E-state index in [1.54, 1.807) is 56.5 Å². The van der Waals surface area contributed by atoms with Crippen molar-refractivity contribution in [1.29, 1.82) is 0 Å². The molecule has 0 fully saturated rings. The van der Waals surface area contributed by atoms with Crippen LogP contribution in [0.5, 0.6) is 11.5 Å². The quantitative estimate of drug-likeness (QED) is 0.789. The molecule has 6 heteroatoms. The van der Waals surface area contributed by atoms with E-state index < -0.39 is 10.0 Å². The first kappa shape index (κ1) is 16.9. The van der Waals surface area contributed by atoms with E-state index in [0.717, 1.165) is 5.56 Å². The smallest absolute Gasteiger partial charge is 0.261 e. The van der Waals surface area contributed by atoms with Gasteiger partial charge in [-0.15, -0.1) is 0 Å². The van der Waals surface area contributed by atoms with Crippen LogP contribution in [-0.2, 0) is 10.0 Å². The van der Waals surface area contributed by atoms with E-state index in [0.29, 0.717) is 23.8 Å². The van der Waals surface area contributed by atoms with Crippen LogP contribution in [0.3, 0.4) is 0 Å². The molecule has 0 atom stereocenters. The highest BCUT2D eigenvalue weighted by Gasteiger charge is 2.15. The Balaban J connectivity index is 2.17. The summed E-state index contributed by atoms with van der Waals surface area (Å²) in [7, 11) is -2.11. The number of benzene rings is 2. The van der Waals surface area contributed by atoms with Gasteiger partial charge < -0.3 is 9.47 Å². The molecular weight excluding hydrogens is 314 g/mol. The highest BCUT2D eigenvalue weighted by atomic mass is 32.2. The zero-order valence-corrected chi connectivity index (χ0v) is 13.9. The SMILES string of the molecule is C=CCOc1ccc(NS(=O)(=O)c2ccc(OC)c(C)c2)cc1. The molecule has 0 aromatic heterocycles. The number of aryl methyl sites for hydroxylation is 1. The van der Waals surface area contributed by atoms with Crippen LogP contribution in [0.15, 0.2) is 60.0 Å². The third-order valence-electron chi connectivity index (χ3n) is 3.15. The fourth-order valence-electron chi connectivity index (χ4n) is 2.01. The van der Waals surface area contributed by atoms with Crippen LogP contribution in [0.1, 0.15) is 5.56 Å². The topological polar surface area (TPSA) is 64.6 Å². The van der Waals surface area contributed by atoms with Gasteiger partial charge in [0.05, 0.1) is 12.0 Å². The Kier molecular flexibility index (Phi) is 5.28. The molecule has 0 spiro atoms. The van der Waals surface area contributed by atoms with Crippen LogP contribution in [0.2, 0.25) is 0 Å². The molecular formula is C17H19NO4S. The molecule has 2 aromatic rings. The van der Waals surface area contributed by atoms with Crippen LogP contribution < -0.4 is 14.2 Å². The maximum atomic E-state index is 12.4. The largest absolute Gasteiger partial charge is 0.496 e. The summed E-state index contributed by atoms with van der Waals surface area (Å²) < 4.78 is 37.9. The molecule has 0 radical (unpaired) electrons. The number of anilines is 1. The van der Waals surface area contributed by atoms with E-state index in [1.807, 2.05) is 0 Å². The number of rotatable bonds is 7. The third kappa shape index (κ3) is 4.26. The Morgan fingerprint density at radius 1 is 1.17 bits per heavy atom. The molecule has 23 heavy (non-hydrogen) atoms. The number of hydrogen-bond donors (Lipinski definition) is 1. The van der Waals surface area contributed by atoms with E-state index in [-0.39, 0.29) is 4.90 Å². The van der Waals surface area contributed by atoms with Crippen LogP contribution in [0, 0.1) is 6.92 Å². The summed E-state index contributed by atoms with van der Waals surface area (Å²) in [6.45, 7) is 5.76. The van der Waals surface area contributed by atoms with Gasteiger partial charge in [0, 0.05) is 5.69 Å². The summed E-state index contributed by atoms with van der Waals surface area (Å²) in [4.78, 5) is 0.183. The van der Waals surface area contributed by atoms with Gasteiger partial charge in [-0.1, -0.05) is 12.7 Å². The van der Waals surface area contributed by atoms with Gasteiger partial charge in [0.25, 0.3) is 10.0 Å². The molecule has 0 amide bonds. The summed E-state index contributed by atoms with van der Waals surface area (Å²) >= 11 is 0. The van der Waals surface area contributed by atoms with E-state index >= 15 is 0 Å². The molecule has 0 aliphatic carbocycles. The summed E-state index contributed by atoms with van der Waals surface area (Å²) in [5.74, 6) is 1.29. The first-order chi connectivity index (χ1) is 11.0. The van der Waals surface area contributed by atoms with Crippen molar-refractivity contribution < 1.29 is 17.9 Å². The minimum atomic E-state index is -3.65. The molecule has 2 aromatic carbocycles. The number of ether oxygens (including phenoxy) is 2. The minimum Gasteiger partial charge on any atom is -0.496 e. The van der Waals surface area contributed by atoms with Crippen molar-refractivity contribution in [2.75, 3.05) is 18.4 Å². The maximum absolute atomic E-state index is 12.4. The van der Waals surface area contributed by atoms with Gasteiger partial charge >= 0.3 is 0 Å². The number of methoxy groups -OCH3 is 1. The molecule has 2 rings (SSSR count). The molecule has 0 aliphatic heterocycles. The standard InChI is InChI=1S/C17H19NO4S/c1-4-11-22-15-7-5-14(6-8-15)18-23(19,20)16-9-10-17(21-3)13(2)12-16/h4-10,12,18H,1,11H2,2-3H3. The first-order valence-electron chi connectivity index (χ1n) is 6.97. The first-order valence-corrected chi connectivity index (χ1v) is 8.46. The second-order valence-electron chi connectivity index (χ2n) is 4.86. The lowest BCUT2D eigenvalue weighted by atomic mass is 10.2. The van der Waals surface area contributed by atoms with Gasteiger partial charge in [-0.05, 0) is 55.0 Å². The van der Waals surface area contributed by atoms with Gasteiger partial charge in [-0.25, -0.2) is 8.42 Å². The molecule has 0 aliphatic rings. The molecule has 122 valence electrons. The average molecular weight is 333 g/mol. The van der Waals surface area contributed by atoms with Crippen molar-refractivity contribution in [3.63, 3.8) is 0 Å². The van der Waals surface area contributed by atoms with Gasteiger partial charge in [-0.3, -0.25) is 4.72 Å². The fourth-order valence-corrected chi connectivity index (χ4v) is 3.15. The Morgan fingerprint density at radius 2 is 1.87 bits per heavy atom. The van der Waals surface area contributed by atoms with Gasteiger partial charge in [0.2, 0.25) is 0 Å². The van der Waals surface area contributed by atoms with Crippen molar-refractivity contribution in [1.82, 2.24) is 0 Å². The molecule has 0 heterocycles. The van der Waals surface area contributed by atoms with Crippen molar-refractivity contribution in [3.05, 3.63) is 60.7 Å². The average Bonchev–Trinajstić information content (AvgIpc) is 2.54. The van der Waals surface area contributed by atoms with E-state index in [9.17, 15) is 8.42 Å². The van der Waals surface area contributed by atoms with Gasteiger partial charge in [0.1, 0.15) is 18.1 Å². The molecule has 1 N–H and O–H groups in total. The monoisotopic (exact) mass is 333 g/mol. The summed E-state index contributed by atoms with van der Waals surface area (Å²) in [5.41, 5.74) is 1.22. The second-order valence-corrected chi connectivity index (χ2v) is 6.54. The lowest BCUT2D eigenvalue weighted by molar-refractivity contribution is 0.363. The molecule has 5 nitrogen and oxygen atoms in total. The number of nitrogens with one attached hydrogen (secondary N) is 1. The van der Waals surface area contributed by atoms with Crippen molar-refractivity contribution in [2.24, 2.45) is 0 Å². The predicted octanol–water partition coefficient (Wildman–Crippen LogP) is 3.37. The summed E-state index contributed by atoms with van der Waals surface area (Å²) in [6, 6.07) is 11.4.